The van der Waals surface area contributed by atoms with Crippen molar-refractivity contribution < 1.29 is 9.18 Å². The SMILES string of the molecule is CC1(CC(=O)NC23CC4CC(CC(C4)C2)C3)CCN(c2ccnc3ccc(F)cc23)CC1. The number of benzene rings is 1. The number of halogens is 1. The number of aromatic nitrogens is 1. The van der Waals surface area contributed by atoms with Crippen LogP contribution in [0.15, 0.2) is 30.5 Å². The molecule has 4 bridgehead atoms. The second kappa shape index (κ2) is 7.43. The maximum absolute atomic E-state index is 13.9. The van der Waals surface area contributed by atoms with Gasteiger partial charge in [-0.05, 0) is 98.8 Å². The van der Waals surface area contributed by atoms with Gasteiger partial charge in [-0.15, -0.1) is 0 Å². The third-order valence-electron chi connectivity index (χ3n) is 9.02. The van der Waals surface area contributed by atoms with Gasteiger partial charge < -0.3 is 10.2 Å². The smallest absolute Gasteiger partial charge is 0.220 e. The molecule has 5 aliphatic rings. The van der Waals surface area contributed by atoms with E-state index in [-0.39, 0.29) is 22.7 Å². The van der Waals surface area contributed by atoms with Crippen molar-refractivity contribution in [2.24, 2.45) is 23.2 Å². The summed E-state index contributed by atoms with van der Waals surface area (Å²) in [6.45, 7) is 4.04. The predicted octanol–water partition coefficient (Wildman–Crippen LogP) is 5.46. The summed E-state index contributed by atoms with van der Waals surface area (Å²) in [5, 5.41) is 4.44. The topological polar surface area (TPSA) is 45.2 Å². The number of nitrogens with one attached hydrogen (secondary N) is 1. The molecule has 7 rings (SSSR count). The molecule has 0 atom stereocenters. The normalized spacial score (nSPS) is 32.9. The van der Waals surface area contributed by atoms with E-state index in [0.717, 1.165) is 60.3 Å². The lowest BCUT2D eigenvalue weighted by atomic mass is 9.53. The molecule has 5 fully saturated rings. The van der Waals surface area contributed by atoms with E-state index < -0.39 is 0 Å². The van der Waals surface area contributed by atoms with Gasteiger partial charge in [0, 0.05) is 42.3 Å². The molecule has 170 valence electrons. The monoisotopic (exact) mass is 435 g/mol. The first kappa shape index (κ1) is 20.4. The Morgan fingerprint density at radius 1 is 1.09 bits per heavy atom. The molecule has 4 aliphatic carbocycles. The van der Waals surface area contributed by atoms with E-state index in [2.05, 4.69) is 22.1 Å². The van der Waals surface area contributed by atoms with Crippen LogP contribution in [0.2, 0.25) is 0 Å². The Balaban J connectivity index is 1.11. The molecule has 1 amide bonds. The van der Waals surface area contributed by atoms with Crippen LogP contribution in [0.5, 0.6) is 0 Å². The Hall–Kier alpha value is -2.17. The Morgan fingerprint density at radius 3 is 2.41 bits per heavy atom. The fraction of sp³-hybridized carbons (Fsp3) is 0.630. The van der Waals surface area contributed by atoms with Gasteiger partial charge >= 0.3 is 0 Å². The van der Waals surface area contributed by atoms with Gasteiger partial charge in [0.15, 0.2) is 0 Å². The van der Waals surface area contributed by atoms with Crippen molar-refractivity contribution in [3.05, 3.63) is 36.3 Å². The lowest BCUT2D eigenvalue weighted by molar-refractivity contribution is -0.129. The number of carbonyl (C=O) groups excluding carboxylic acids is 1. The van der Waals surface area contributed by atoms with Gasteiger partial charge in [-0.25, -0.2) is 4.39 Å². The van der Waals surface area contributed by atoms with Gasteiger partial charge in [-0.2, -0.15) is 0 Å². The predicted molar refractivity (Wildman–Crippen MR) is 125 cm³/mol. The highest BCUT2D eigenvalue weighted by Gasteiger charge is 2.51. The van der Waals surface area contributed by atoms with Crippen LogP contribution in [0.1, 0.15) is 64.7 Å². The first-order valence-electron chi connectivity index (χ1n) is 12.5. The standard InChI is InChI=1S/C27H34FN3O/c1-26(17-25(32)30-27-14-18-10-19(15-27)12-20(11-18)16-27)5-8-31(9-6-26)24-4-7-29-23-3-2-21(28)13-22(23)24/h2-4,7,13,18-20H,5-6,8-12,14-17H2,1H3,(H,30,32). The molecule has 1 aromatic carbocycles. The number of pyridine rings is 1. The highest BCUT2D eigenvalue weighted by Crippen LogP contribution is 2.55. The molecule has 4 nitrogen and oxygen atoms in total. The summed E-state index contributed by atoms with van der Waals surface area (Å²) in [7, 11) is 0. The summed E-state index contributed by atoms with van der Waals surface area (Å²) in [5.41, 5.74) is 2.00. The van der Waals surface area contributed by atoms with Crippen molar-refractivity contribution in [3.63, 3.8) is 0 Å². The number of piperidine rings is 1. The number of nitrogens with zero attached hydrogens (tertiary/aromatic N) is 2. The molecule has 32 heavy (non-hydrogen) atoms. The number of hydrogen-bond acceptors (Lipinski definition) is 3. The van der Waals surface area contributed by atoms with Crippen LogP contribution in [0.25, 0.3) is 10.9 Å². The summed E-state index contributed by atoms with van der Waals surface area (Å²) >= 11 is 0. The largest absolute Gasteiger partial charge is 0.371 e. The minimum absolute atomic E-state index is 0.0248. The van der Waals surface area contributed by atoms with Crippen LogP contribution in [0.3, 0.4) is 0 Å². The number of carbonyl (C=O) groups is 1. The summed E-state index contributed by atoms with van der Waals surface area (Å²) in [4.78, 5) is 19.9. The Labute approximate surface area is 190 Å². The van der Waals surface area contributed by atoms with Crippen molar-refractivity contribution in [1.82, 2.24) is 10.3 Å². The molecule has 0 spiro atoms. The molecule has 1 saturated heterocycles. The summed E-state index contributed by atoms with van der Waals surface area (Å²) < 4.78 is 13.9. The number of hydrogen-bond donors (Lipinski definition) is 1. The molecule has 1 aromatic heterocycles. The fourth-order valence-electron chi connectivity index (χ4n) is 7.84. The Bertz CT molecular complexity index is 1010. The maximum Gasteiger partial charge on any atom is 0.220 e. The van der Waals surface area contributed by atoms with Gasteiger partial charge in [0.1, 0.15) is 5.82 Å². The van der Waals surface area contributed by atoms with Gasteiger partial charge in [0.05, 0.1) is 5.52 Å². The molecule has 0 radical (unpaired) electrons. The van der Waals surface area contributed by atoms with Crippen LogP contribution in [-0.2, 0) is 4.79 Å². The maximum atomic E-state index is 13.9. The third kappa shape index (κ3) is 3.68. The van der Waals surface area contributed by atoms with E-state index in [1.54, 1.807) is 12.1 Å². The van der Waals surface area contributed by atoms with E-state index >= 15 is 0 Å². The molecular weight excluding hydrogens is 401 g/mol. The first-order chi connectivity index (χ1) is 15.4. The van der Waals surface area contributed by atoms with E-state index in [1.807, 2.05) is 12.3 Å². The first-order valence-corrected chi connectivity index (χ1v) is 12.5. The van der Waals surface area contributed by atoms with Crippen LogP contribution in [0.4, 0.5) is 10.1 Å². The Kier molecular flexibility index (Phi) is 4.74. The zero-order chi connectivity index (χ0) is 21.9. The molecule has 4 saturated carbocycles. The number of rotatable bonds is 4. The van der Waals surface area contributed by atoms with Crippen molar-refractivity contribution in [1.29, 1.82) is 0 Å². The molecule has 2 heterocycles. The van der Waals surface area contributed by atoms with Gasteiger partial charge in [0.25, 0.3) is 0 Å². The summed E-state index contributed by atoms with van der Waals surface area (Å²) in [5.74, 6) is 2.58. The van der Waals surface area contributed by atoms with Gasteiger partial charge in [0.2, 0.25) is 5.91 Å². The average Bonchev–Trinajstić information content (AvgIpc) is 2.72. The lowest BCUT2D eigenvalue weighted by Crippen LogP contribution is -2.60. The summed E-state index contributed by atoms with van der Waals surface area (Å²) in [6, 6.07) is 6.79. The molecular formula is C27H34FN3O. The quantitative estimate of drug-likeness (QED) is 0.694. The highest BCUT2D eigenvalue weighted by atomic mass is 19.1. The number of amides is 1. The van der Waals surface area contributed by atoms with Gasteiger partial charge in [-0.3, -0.25) is 9.78 Å². The van der Waals surface area contributed by atoms with Crippen LogP contribution in [-0.4, -0.2) is 29.5 Å². The molecule has 5 heteroatoms. The number of anilines is 1. The lowest BCUT2D eigenvalue weighted by Gasteiger charge is -2.57. The number of fused-ring (bicyclic) bond motifs is 1. The minimum atomic E-state index is -0.227. The fourth-order valence-corrected chi connectivity index (χ4v) is 7.84. The highest BCUT2D eigenvalue weighted by molar-refractivity contribution is 5.91. The average molecular weight is 436 g/mol. The molecule has 0 unspecified atom stereocenters. The van der Waals surface area contributed by atoms with Crippen LogP contribution < -0.4 is 10.2 Å². The van der Waals surface area contributed by atoms with E-state index in [0.29, 0.717) is 6.42 Å². The van der Waals surface area contributed by atoms with Crippen molar-refractivity contribution in [3.8, 4) is 0 Å². The van der Waals surface area contributed by atoms with Gasteiger partial charge in [-0.1, -0.05) is 6.92 Å². The van der Waals surface area contributed by atoms with Crippen LogP contribution in [0, 0.1) is 29.0 Å². The van der Waals surface area contributed by atoms with Crippen LogP contribution >= 0.6 is 0 Å². The zero-order valence-electron chi connectivity index (χ0n) is 19.1. The minimum Gasteiger partial charge on any atom is -0.371 e. The zero-order valence-corrected chi connectivity index (χ0v) is 19.1. The van der Waals surface area contributed by atoms with E-state index in [1.165, 1.54) is 44.6 Å². The van der Waals surface area contributed by atoms with Crippen molar-refractivity contribution in [2.45, 2.75) is 70.3 Å². The third-order valence-corrected chi connectivity index (χ3v) is 9.02. The molecule has 1 N–H and O–H groups in total. The van der Waals surface area contributed by atoms with E-state index in [9.17, 15) is 9.18 Å². The molecule has 1 aliphatic heterocycles. The second-order valence-electron chi connectivity index (χ2n) is 11.7. The summed E-state index contributed by atoms with van der Waals surface area (Å²) in [6.07, 6.45) is 12.2. The van der Waals surface area contributed by atoms with Crippen molar-refractivity contribution >= 4 is 22.5 Å². The Morgan fingerprint density at radius 2 is 1.75 bits per heavy atom. The second-order valence-corrected chi connectivity index (χ2v) is 11.7. The van der Waals surface area contributed by atoms with E-state index in [4.69, 9.17) is 0 Å². The van der Waals surface area contributed by atoms with Crippen molar-refractivity contribution in [2.75, 3.05) is 18.0 Å². The molecule has 2 aromatic rings.